The van der Waals surface area contributed by atoms with Crippen molar-refractivity contribution in [1.82, 2.24) is 0 Å². The van der Waals surface area contributed by atoms with E-state index in [0.717, 1.165) is 97.1 Å². The summed E-state index contributed by atoms with van der Waals surface area (Å²) in [4.78, 5) is 7.53. The molecule has 12 nitrogen and oxygen atoms in total. The van der Waals surface area contributed by atoms with Crippen LogP contribution in [0.15, 0.2) is 218 Å². The van der Waals surface area contributed by atoms with Crippen molar-refractivity contribution in [3.63, 3.8) is 0 Å². The predicted octanol–water partition coefficient (Wildman–Crippen LogP) is 20.7. The largest absolute Gasteiger partial charge is 0.508 e. The van der Waals surface area contributed by atoms with Crippen LogP contribution in [0, 0.1) is 17.8 Å². The molecule has 3 N–H and O–H groups in total. The minimum Gasteiger partial charge on any atom is -0.508 e. The van der Waals surface area contributed by atoms with Crippen LogP contribution in [-0.2, 0) is 47.7 Å². The van der Waals surface area contributed by atoms with Crippen molar-refractivity contribution in [3.8, 4) is 17.2 Å². The number of aromatic hydroxyl groups is 3. The zero-order valence-corrected chi connectivity index (χ0v) is 65.3. The maximum atomic E-state index is 10.2. The lowest BCUT2D eigenvalue weighted by Crippen LogP contribution is -2.35. The van der Waals surface area contributed by atoms with Gasteiger partial charge in [0.25, 0.3) is 0 Å². The van der Waals surface area contributed by atoms with Crippen LogP contribution in [-0.4, -0.2) is 122 Å². The maximum Gasteiger partial charge on any atom is 0.157 e. The molecule has 6 atom stereocenters. The van der Waals surface area contributed by atoms with Gasteiger partial charge in [-0.2, -0.15) is 3.89 Å². The van der Waals surface area contributed by atoms with Gasteiger partial charge in [0.15, 0.2) is 18.9 Å². The predicted molar refractivity (Wildman–Crippen MR) is 438 cm³/mol. The number of halogens is 1. The van der Waals surface area contributed by atoms with Crippen molar-refractivity contribution < 1.29 is 47.6 Å². The Balaban J connectivity index is 0.000000148. The number of rotatable bonds is 21. The van der Waals surface area contributed by atoms with Gasteiger partial charge in [0.1, 0.15) is 17.2 Å². The maximum absolute atomic E-state index is 10.2. The summed E-state index contributed by atoms with van der Waals surface area (Å²) >= 11 is 0.250. The number of fused-ring (bicyclic) bond motifs is 3. The van der Waals surface area contributed by atoms with Gasteiger partial charge in [0.2, 0.25) is 0 Å². The van der Waals surface area contributed by atoms with Crippen molar-refractivity contribution in [2.24, 2.45) is 17.8 Å². The number of methoxy groups -OCH3 is 6. The SMILES string of the molecule is COC(CC1CCN(c2ccc([C@@H]3c4ccc(O)cc4CC[C@@H]3c3ccccc3)cc2)CC1)OC.COC(CC1CCN(c2ccc([C@@H]3c4ccc(O)cc4CC[C@@H]3c3ccccc3)cc2)CC1)OC.COC(CC1CCN(c2ccc([C@H]3c4ccc(O)cc4CC[C@H]3c3ccccc3)cc2)CC1)OC.CSF. The van der Waals surface area contributed by atoms with Crippen LogP contribution in [0.3, 0.4) is 0 Å². The monoisotopic (exact) mass is 1480 g/mol. The van der Waals surface area contributed by atoms with Gasteiger partial charge >= 0.3 is 0 Å². The third-order valence-electron chi connectivity index (χ3n) is 24.3. The Morgan fingerprint density at radius 1 is 0.324 bits per heavy atom. The first kappa shape index (κ1) is 79.4. The van der Waals surface area contributed by atoms with Crippen LogP contribution in [0.5, 0.6) is 17.2 Å². The third kappa shape index (κ3) is 20.1. The zero-order chi connectivity index (χ0) is 75.3. The fraction of sp³-hybridized carbons (Fsp3) is 0.426. The number of aryl methyl sites for hydroxylation is 3. The third-order valence-corrected chi connectivity index (χ3v) is 24.3. The minimum absolute atomic E-state index is 0.0938. The molecule has 9 aromatic carbocycles. The molecule has 9 aromatic rings. The average Bonchev–Trinajstić information content (AvgIpc) is 0.778. The topological polar surface area (TPSA) is 126 Å². The molecule has 572 valence electrons. The molecule has 6 aliphatic rings. The summed E-state index contributed by atoms with van der Waals surface area (Å²) in [6, 6.07) is 78.3. The zero-order valence-electron chi connectivity index (χ0n) is 64.5. The molecule has 0 amide bonds. The number of hydrogen-bond donors (Lipinski definition) is 3. The Bertz CT molecular complexity index is 3720. The molecular weight excluding hydrogens is 1370 g/mol. The van der Waals surface area contributed by atoms with Crippen LogP contribution >= 0.6 is 12.1 Å². The highest BCUT2D eigenvalue weighted by Gasteiger charge is 2.37. The minimum atomic E-state index is -0.0938. The Labute approximate surface area is 646 Å². The van der Waals surface area contributed by atoms with E-state index in [-0.39, 0.29) is 31.0 Å². The number of hydrogen-bond acceptors (Lipinski definition) is 13. The van der Waals surface area contributed by atoms with Crippen molar-refractivity contribution in [2.75, 3.05) is 103 Å². The highest BCUT2D eigenvalue weighted by Crippen LogP contribution is 2.51. The van der Waals surface area contributed by atoms with Gasteiger partial charge in [-0.25, -0.2) is 0 Å². The normalized spacial score (nSPS) is 20.3. The summed E-state index contributed by atoms with van der Waals surface area (Å²) in [5.74, 6) is 5.22. The second-order valence-electron chi connectivity index (χ2n) is 30.4. The lowest BCUT2D eigenvalue weighted by Gasteiger charge is -2.36. The molecule has 3 aliphatic carbocycles. The molecule has 14 heteroatoms. The van der Waals surface area contributed by atoms with E-state index < -0.39 is 0 Å². The van der Waals surface area contributed by atoms with Crippen LogP contribution in [0.4, 0.5) is 20.9 Å². The van der Waals surface area contributed by atoms with Gasteiger partial charge in [0.05, 0.1) is 0 Å². The summed E-state index contributed by atoms with van der Waals surface area (Å²) in [7, 11) is 10.3. The molecule has 0 aromatic heterocycles. The van der Waals surface area contributed by atoms with Crippen LogP contribution in [0.25, 0.3) is 0 Å². The summed E-state index contributed by atoms with van der Waals surface area (Å²) in [6.45, 7) is 6.43. The number of ether oxygens (including phenoxy) is 6. The van der Waals surface area contributed by atoms with E-state index in [0.29, 0.717) is 70.5 Å². The summed E-state index contributed by atoms with van der Waals surface area (Å²) in [5, 5.41) is 30.3. The first-order chi connectivity index (χ1) is 52.9. The number of phenolic OH excluding ortho intramolecular Hbond substituents is 3. The Morgan fingerprint density at radius 2 is 0.556 bits per heavy atom. The smallest absolute Gasteiger partial charge is 0.157 e. The van der Waals surface area contributed by atoms with Crippen LogP contribution in [0.2, 0.25) is 0 Å². The molecule has 0 saturated carbocycles. The van der Waals surface area contributed by atoms with Crippen molar-refractivity contribution >= 4 is 29.2 Å². The molecule has 15 rings (SSSR count). The van der Waals surface area contributed by atoms with Crippen molar-refractivity contribution in [1.29, 1.82) is 0 Å². The van der Waals surface area contributed by atoms with E-state index in [1.807, 2.05) is 36.4 Å². The number of anilines is 3. The number of piperidine rings is 3. The second kappa shape index (κ2) is 39.4. The molecule has 3 heterocycles. The van der Waals surface area contributed by atoms with E-state index in [9.17, 15) is 19.2 Å². The van der Waals surface area contributed by atoms with E-state index in [1.165, 1.54) is 129 Å². The standard InChI is InChI=1S/3C31H37NO3.CH3FS/c3*1-34-30(35-2)20-22-16-18-32(19-17-22)26-11-8-24(9-12-26)31-28(23-6-4-3-5-7-23)14-10-25-21-27(33)13-15-29(25)31;1-3-2/h3*3-9,11-13,15,21-22,28,30-31,33H,10,14,16-20H2,1-2H3;1H3/t3*28-,31+;/m110./s1. The number of benzene rings is 9. The van der Waals surface area contributed by atoms with Crippen LogP contribution < -0.4 is 14.7 Å². The average molecular weight is 1480 g/mol. The Kier molecular flexibility index (Phi) is 29.0. The van der Waals surface area contributed by atoms with Gasteiger partial charge in [-0.15, -0.1) is 0 Å². The van der Waals surface area contributed by atoms with Gasteiger partial charge in [-0.1, -0.05) is 146 Å². The highest BCUT2D eigenvalue weighted by molar-refractivity contribution is 7.93. The first-order valence-electron chi connectivity index (χ1n) is 39.4. The lowest BCUT2D eigenvalue weighted by atomic mass is 9.69. The van der Waals surface area contributed by atoms with E-state index >= 15 is 0 Å². The van der Waals surface area contributed by atoms with Gasteiger partial charge < -0.3 is 58.4 Å². The second-order valence-corrected chi connectivity index (χ2v) is 30.7. The van der Waals surface area contributed by atoms with Gasteiger partial charge in [-0.05, 0) is 252 Å². The molecule has 108 heavy (non-hydrogen) atoms. The van der Waals surface area contributed by atoms with E-state index in [1.54, 1.807) is 42.7 Å². The summed E-state index contributed by atoms with van der Waals surface area (Å²) in [5.41, 5.74) is 20.0. The Morgan fingerprint density at radius 3 is 0.778 bits per heavy atom. The fourth-order valence-corrected chi connectivity index (χ4v) is 18.5. The molecular formula is C94H114FN3O9S. The quantitative estimate of drug-likeness (QED) is 0.0592. The van der Waals surface area contributed by atoms with Crippen molar-refractivity contribution in [2.45, 2.75) is 151 Å². The van der Waals surface area contributed by atoms with Gasteiger partial charge in [0, 0.05) is 154 Å². The molecule has 3 fully saturated rings. The molecule has 3 saturated heterocycles. The number of phenols is 3. The first-order valence-corrected chi connectivity index (χ1v) is 40.5. The summed E-state index contributed by atoms with van der Waals surface area (Å²) < 4.78 is 42.6. The molecule has 0 radical (unpaired) electrons. The Hall–Kier alpha value is -8.18. The molecule has 3 aliphatic heterocycles. The van der Waals surface area contributed by atoms with Gasteiger partial charge in [-0.3, -0.25) is 0 Å². The van der Waals surface area contributed by atoms with Crippen LogP contribution in [0.1, 0.15) is 179 Å². The molecule has 0 spiro atoms. The fourth-order valence-electron chi connectivity index (χ4n) is 18.5. The lowest BCUT2D eigenvalue weighted by molar-refractivity contribution is -0.115. The number of nitrogens with zero attached hydrogens (tertiary/aromatic N) is 3. The molecule has 0 bridgehead atoms. The van der Waals surface area contributed by atoms with E-state index in [2.05, 4.69) is 197 Å². The van der Waals surface area contributed by atoms with Crippen molar-refractivity contribution in [3.05, 3.63) is 285 Å². The highest BCUT2D eigenvalue weighted by atomic mass is 32.2. The van der Waals surface area contributed by atoms with E-state index in [4.69, 9.17) is 28.4 Å². The summed E-state index contributed by atoms with van der Waals surface area (Å²) in [6.07, 6.45) is 17.3. The molecule has 0 unspecified atom stereocenters.